The van der Waals surface area contributed by atoms with Crippen LogP contribution in [0.5, 0.6) is 0 Å². The smallest absolute Gasteiger partial charge is 0.274 e. The summed E-state index contributed by atoms with van der Waals surface area (Å²) in [4.78, 5) is 17.3. The van der Waals surface area contributed by atoms with Crippen LogP contribution in [0.1, 0.15) is 32.9 Å². The monoisotopic (exact) mass is 354 g/mol. The van der Waals surface area contributed by atoms with Crippen molar-refractivity contribution in [2.24, 2.45) is 7.05 Å². The quantitative estimate of drug-likeness (QED) is 0.828. The number of aromatic nitrogens is 2. The SMILES string of the molecule is Cc1cccc(N2CCN(C(=O)c3nn(C)c4c3COCC4)CC2)c1C. The molecule has 1 fully saturated rings. The molecule has 2 aromatic rings. The summed E-state index contributed by atoms with van der Waals surface area (Å²) in [5.74, 6) is 0.0352. The van der Waals surface area contributed by atoms with Crippen LogP contribution in [0.4, 0.5) is 5.69 Å². The van der Waals surface area contributed by atoms with Crippen molar-refractivity contribution in [1.82, 2.24) is 14.7 Å². The van der Waals surface area contributed by atoms with Crippen molar-refractivity contribution in [3.05, 3.63) is 46.3 Å². The van der Waals surface area contributed by atoms with Crippen LogP contribution in [0.25, 0.3) is 0 Å². The molecule has 0 bridgehead atoms. The Bertz CT molecular complexity index is 835. The van der Waals surface area contributed by atoms with Crippen molar-refractivity contribution in [2.75, 3.05) is 37.7 Å². The molecule has 6 heteroatoms. The van der Waals surface area contributed by atoms with E-state index in [1.54, 1.807) is 0 Å². The molecule has 3 heterocycles. The molecule has 0 atom stereocenters. The van der Waals surface area contributed by atoms with E-state index in [0.29, 0.717) is 18.9 Å². The number of carbonyl (C=O) groups is 1. The number of anilines is 1. The molecule has 0 unspecified atom stereocenters. The Morgan fingerprint density at radius 2 is 1.92 bits per heavy atom. The number of benzene rings is 1. The van der Waals surface area contributed by atoms with E-state index in [1.165, 1.54) is 16.8 Å². The fourth-order valence-corrected chi connectivity index (χ4v) is 3.96. The minimum absolute atomic E-state index is 0.0352. The van der Waals surface area contributed by atoms with Crippen molar-refractivity contribution in [2.45, 2.75) is 26.9 Å². The largest absolute Gasteiger partial charge is 0.376 e. The summed E-state index contributed by atoms with van der Waals surface area (Å²) in [5, 5.41) is 4.50. The molecule has 4 rings (SSSR count). The summed E-state index contributed by atoms with van der Waals surface area (Å²) in [7, 11) is 1.92. The number of amides is 1. The van der Waals surface area contributed by atoms with E-state index in [-0.39, 0.29) is 5.91 Å². The van der Waals surface area contributed by atoms with Gasteiger partial charge in [0.15, 0.2) is 5.69 Å². The zero-order valence-electron chi connectivity index (χ0n) is 15.8. The fraction of sp³-hybridized carbons (Fsp3) is 0.500. The molecule has 6 nitrogen and oxygen atoms in total. The number of rotatable bonds is 2. The van der Waals surface area contributed by atoms with Crippen molar-refractivity contribution in [1.29, 1.82) is 0 Å². The molecular weight excluding hydrogens is 328 g/mol. The third-order valence-corrected chi connectivity index (χ3v) is 5.69. The Morgan fingerprint density at radius 3 is 2.69 bits per heavy atom. The van der Waals surface area contributed by atoms with Gasteiger partial charge in [-0.25, -0.2) is 0 Å². The number of ether oxygens (including phenoxy) is 1. The van der Waals surface area contributed by atoms with Crippen LogP contribution < -0.4 is 4.90 Å². The molecule has 1 amide bonds. The molecule has 1 saturated heterocycles. The predicted molar refractivity (Wildman–Crippen MR) is 101 cm³/mol. The highest BCUT2D eigenvalue weighted by atomic mass is 16.5. The normalized spacial score (nSPS) is 17.3. The highest BCUT2D eigenvalue weighted by molar-refractivity contribution is 5.94. The number of fused-ring (bicyclic) bond motifs is 1. The number of hydrogen-bond donors (Lipinski definition) is 0. The molecular formula is C20H26N4O2. The van der Waals surface area contributed by atoms with Gasteiger partial charge in [0, 0.05) is 56.6 Å². The second-order valence-corrected chi connectivity index (χ2v) is 7.20. The maximum absolute atomic E-state index is 13.0. The lowest BCUT2D eigenvalue weighted by Gasteiger charge is -2.37. The van der Waals surface area contributed by atoms with Gasteiger partial charge >= 0.3 is 0 Å². The van der Waals surface area contributed by atoms with Crippen molar-refractivity contribution in [3.63, 3.8) is 0 Å². The molecule has 0 N–H and O–H groups in total. The number of hydrogen-bond acceptors (Lipinski definition) is 4. The van der Waals surface area contributed by atoms with Gasteiger partial charge < -0.3 is 14.5 Å². The van der Waals surface area contributed by atoms with Gasteiger partial charge in [-0.15, -0.1) is 0 Å². The van der Waals surface area contributed by atoms with Crippen LogP contribution in [-0.2, 0) is 24.8 Å². The number of piperazine rings is 1. The lowest BCUT2D eigenvalue weighted by molar-refractivity contribution is 0.0727. The first-order valence-electron chi connectivity index (χ1n) is 9.29. The number of nitrogens with zero attached hydrogens (tertiary/aromatic N) is 4. The van der Waals surface area contributed by atoms with Gasteiger partial charge in [-0.1, -0.05) is 12.1 Å². The molecule has 2 aliphatic rings. The summed E-state index contributed by atoms with van der Waals surface area (Å²) in [6, 6.07) is 6.42. The minimum Gasteiger partial charge on any atom is -0.376 e. The average molecular weight is 354 g/mol. The fourth-order valence-electron chi connectivity index (χ4n) is 3.96. The van der Waals surface area contributed by atoms with Gasteiger partial charge in [-0.2, -0.15) is 5.10 Å². The summed E-state index contributed by atoms with van der Waals surface area (Å²) in [6.45, 7) is 8.65. The van der Waals surface area contributed by atoms with Gasteiger partial charge in [0.05, 0.1) is 13.2 Å². The number of carbonyl (C=O) groups excluding carboxylic acids is 1. The third-order valence-electron chi connectivity index (χ3n) is 5.69. The zero-order chi connectivity index (χ0) is 18.3. The molecule has 0 saturated carbocycles. The molecule has 0 radical (unpaired) electrons. The predicted octanol–water partition coefficient (Wildman–Crippen LogP) is 2.07. The highest BCUT2D eigenvalue weighted by Gasteiger charge is 2.29. The van der Waals surface area contributed by atoms with Crippen molar-refractivity contribution in [3.8, 4) is 0 Å². The molecule has 138 valence electrons. The summed E-state index contributed by atoms with van der Waals surface area (Å²) in [5.41, 5.74) is 6.58. The van der Waals surface area contributed by atoms with Crippen LogP contribution in [0, 0.1) is 13.8 Å². The standard InChI is InChI=1S/C20H26N4O2/c1-14-5-4-6-17(15(14)2)23-8-10-24(11-9-23)20(25)19-16-13-26-12-7-18(16)22(3)21-19/h4-6H,7-13H2,1-3H3. The lowest BCUT2D eigenvalue weighted by atomic mass is 10.1. The van der Waals surface area contributed by atoms with E-state index < -0.39 is 0 Å². The maximum atomic E-state index is 13.0. The second-order valence-electron chi connectivity index (χ2n) is 7.20. The second kappa shape index (κ2) is 6.76. The van der Waals surface area contributed by atoms with E-state index >= 15 is 0 Å². The first-order valence-corrected chi connectivity index (χ1v) is 9.29. The summed E-state index contributed by atoms with van der Waals surface area (Å²) < 4.78 is 7.40. The molecule has 0 aliphatic carbocycles. The molecule has 1 aromatic carbocycles. The Labute approximate surface area is 154 Å². The number of aryl methyl sites for hydroxylation is 2. The van der Waals surface area contributed by atoms with Crippen molar-refractivity contribution < 1.29 is 9.53 Å². The zero-order valence-corrected chi connectivity index (χ0v) is 15.8. The van der Waals surface area contributed by atoms with E-state index in [0.717, 1.165) is 43.9 Å². The van der Waals surface area contributed by atoms with Gasteiger partial charge in [-0.05, 0) is 31.0 Å². The van der Waals surface area contributed by atoms with Gasteiger partial charge in [0.1, 0.15) is 0 Å². The lowest BCUT2D eigenvalue weighted by Crippen LogP contribution is -2.49. The van der Waals surface area contributed by atoms with E-state index in [9.17, 15) is 4.79 Å². The summed E-state index contributed by atoms with van der Waals surface area (Å²) >= 11 is 0. The minimum atomic E-state index is 0.0352. The Kier molecular flexibility index (Phi) is 4.44. The molecule has 26 heavy (non-hydrogen) atoms. The van der Waals surface area contributed by atoms with Crippen LogP contribution in [0.3, 0.4) is 0 Å². The molecule has 0 spiro atoms. The maximum Gasteiger partial charge on any atom is 0.274 e. The first kappa shape index (κ1) is 17.1. The Balaban J connectivity index is 1.48. The van der Waals surface area contributed by atoms with Crippen LogP contribution in [0.15, 0.2) is 18.2 Å². The van der Waals surface area contributed by atoms with Crippen molar-refractivity contribution >= 4 is 11.6 Å². The van der Waals surface area contributed by atoms with E-state index in [1.807, 2.05) is 16.6 Å². The van der Waals surface area contributed by atoms with Crippen LogP contribution in [-0.4, -0.2) is 53.4 Å². The van der Waals surface area contributed by atoms with E-state index in [4.69, 9.17) is 4.74 Å². The topological polar surface area (TPSA) is 50.6 Å². The average Bonchev–Trinajstić information content (AvgIpc) is 3.01. The Hall–Kier alpha value is -2.34. The highest BCUT2D eigenvalue weighted by Crippen LogP contribution is 2.25. The van der Waals surface area contributed by atoms with Crippen LogP contribution >= 0.6 is 0 Å². The van der Waals surface area contributed by atoms with Gasteiger partial charge in [0.2, 0.25) is 0 Å². The third kappa shape index (κ3) is 2.88. The Morgan fingerprint density at radius 1 is 1.15 bits per heavy atom. The molecule has 2 aliphatic heterocycles. The van der Waals surface area contributed by atoms with Gasteiger partial charge in [-0.3, -0.25) is 9.48 Å². The molecule has 1 aromatic heterocycles. The van der Waals surface area contributed by atoms with Crippen LogP contribution in [0.2, 0.25) is 0 Å². The summed E-state index contributed by atoms with van der Waals surface area (Å²) in [6.07, 6.45) is 0.826. The van der Waals surface area contributed by atoms with E-state index in [2.05, 4.69) is 42.0 Å². The first-order chi connectivity index (χ1) is 12.6. The van der Waals surface area contributed by atoms with Gasteiger partial charge in [0.25, 0.3) is 5.91 Å².